The molecule has 1 heterocycles. The Morgan fingerprint density at radius 3 is 2.87 bits per heavy atom. The van der Waals surface area contributed by atoms with Gasteiger partial charge >= 0.3 is 0 Å². The lowest BCUT2D eigenvalue weighted by atomic mass is 9.67. The van der Waals surface area contributed by atoms with Crippen molar-refractivity contribution in [1.82, 2.24) is 4.98 Å². The first kappa shape index (κ1) is 10.8. The van der Waals surface area contributed by atoms with Gasteiger partial charge in [0.2, 0.25) is 0 Å². The molecule has 2 nitrogen and oxygen atoms in total. The average molecular weight is 268 g/mol. The van der Waals surface area contributed by atoms with Gasteiger partial charge in [0.15, 0.2) is 5.78 Å². The Morgan fingerprint density at radius 2 is 2.33 bits per heavy atom. The van der Waals surface area contributed by atoms with Gasteiger partial charge < -0.3 is 0 Å². The molecule has 1 aromatic heterocycles. The van der Waals surface area contributed by atoms with E-state index in [2.05, 4.69) is 27.8 Å². The Hall–Kier alpha value is -0.700. The molecule has 1 aliphatic rings. The number of nitrogens with zero attached hydrogens (tertiary/aromatic N) is 1. The molecule has 1 fully saturated rings. The number of hydrogen-bond acceptors (Lipinski definition) is 2. The van der Waals surface area contributed by atoms with Crippen molar-refractivity contribution in [2.45, 2.75) is 32.6 Å². The van der Waals surface area contributed by atoms with E-state index in [0.717, 1.165) is 4.47 Å². The molecule has 15 heavy (non-hydrogen) atoms. The molecule has 1 saturated carbocycles. The summed E-state index contributed by atoms with van der Waals surface area (Å²) in [5, 5.41) is 0. The van der Waals surface area contributed by atoms with Crippen LogP contribution in [0.3, 0.4) is 0 Å². The summed E-state index contributed by atoms with van der Waals surface area (Å²) in [6.45, 7) is 2.19. The van der Waals surface area contributed by atoms with Crippen LogP contribution >= 0.6 is 15.9 Å². The smallest absolute Gasteiger partial charge is 0.182 e. The molecule has 0 aromatic carbocycles. The van der Waals surface area contributed by atoms with Crippen molar-refractivity contribution < 1.29 is 4.79 Å². The zero-order valence-electron chi connectivity index (χ0n) is 8.79. The molecule has 1 aromatic rings. The van der Waals surface area contributed by atoms with Crippen molar-refractivity contribution in [3.8, 4) is 0 Å². The minimum Gasteiger partial charge on any atom is -0.292 e. The van der Waals surface area contributed by atoms with Crippen LogP contribution in [0, 0.1) is 5.41 Å². The molecule has 0 N–H and O–H groups in total. The molecule has 1 aliphatic carbocycles. The Bertz CT molecular complexity index is 385. The van der Waals surface area contributed by atoms with E-state index < -0.39 is 0 Å². The Labute approximate surface area is 98.2 Å². The van der Waals surface area contributed by atoms with Crippen molar-refractivity contribution in [2.75, 3.05) is 0 Å². The van der Waals surface area contributed by atoms with Crippen LogP contribution in [-0.4, -0.2) is 10.8 Å². The second-order valence-electron chi connectivity index (χ2n) is 4.60. The quantitative estimate of drug-likeness (QED) is 0.784. The number of Topliss-reactive ketones (excluding diaryl/α,β-unsaturated/α-hetero) is 1. The molecule has 3 heteroatoms. The normalized spacial score (nSPS) is 18.3. The maximum atomic E-state index is 12.0. The van der Waals surface area contributed by atoms with E-state index in [0.29, 0.717) is 12.1 Å². The highest BCUT2D eigenvalue weighted by Gasteiger charge is 2.34. The summed E-state index contributed by atoms with van der Waals surface area (Å²) >= 11 is 3.36. The fourth-order valence-corrected chi connectivity index (χ4v) is 2.50. The van der Waals surface area contributed by atoms with E-state index >= 15 is 0 Å². The van der Waals surface area contributed by atoms with E-state index in [1.807, 2.05) is 12.1 Å². The van der Waals surface area contributed by atoms with Gasteiger partial charge in [-0.2, -0.15) is 0 Å². The van der Waals surface area contributed by atoms with Crippen LogP contribution in [0.2, 0.25) is 0 Å². The Balaban J connectivity index is 2.11. The molecule has 0 unspecified atom stereocenters. The molecular formula is C12H14BrNO. The predicted octanol–water partition coefficient (Wildman–Crippen LogP) is 3.61. The maximum Gasteiger partial charge on any atom is 0.182 e. The first-order valence-electron chi connectivity index (χ1n) is 5.24. The first-order valence-corrected chi connectivity index (χ1v) is 6.04. The van der Waals surface area contributed by atoms with Gasteiger partial charge in [-0.15, -0.1) is 0 Å². The van der Waals surface area contributed by atoms with Gasteiger partial charge in [0.05, 0.1) is 0 Å². The molecule has 0 amide bonds. The number of carbonyl (C=O) groups excluding carboxylic acids is 1. The van der Waals surface area contributed by atoms with Crippen LogP contribution in [0.25, 0.3) is 0 Å². The summed E-state index contributed by atoms with van der Waals surface area (Å²) < 4.78 is 0.804. The third-order valence-corrected chi connectivity index (χ3v) is 3.81. The summed E-state index contributed by atoms with van der Waals surface area (Å²) in [5.74, 6) is 0.157. The zero-order chi connectivity index (χ0) is 10.9. The van der Waals surface area contributed by atoms with E-state index in [1.54, 1.807) is 6.20 Å². The molecule has 0 radical (unpaired) electrons. The summed E-state index contributed by atoms with van der Waals surface area (Å²) in [7, 11) is 0. The van der Waals surface area contributed by atoms with Gasteiger partial charge in [-0.05, 0) is 46.3 Å². The third kappa shape index (κ3) is 2.28. The number of hydrogen-bond donors (Lipinski definition) is 0. The highest BCUT2D eigenvalue weighted by atomic mass is 79.9. The van der Waals surface area contributed by atoms with Crippen LogP contribution in [0.5, 0.6) is 0 Å². The van der Waals surface area contributed by atoms with Gasteiger partial charge in [0.25, 0.3) is 0 Å². The molecule has 0 atom stereocenters. The fourth-order valence-electron chi connectivity index (χ4n) is 2.02. The van der Waals surface area contributed by atoms with E-state index in [4.69, 9.17) is 0 Å². The second-order valence-corrected chi connectivity index (χ2v) is 5.45. The molecule has 80 valence electrons. The second kappa shape index (κ2) is 4.05. The summed E-state index contributed by atoms with van der Waals surface area (Å²) in [6.07, 6.45) is 5.89. The molecule has 0 aliphatic heterocycles. The van der Waals surface area contributed by atoms with Crippen LogP contribution in [0.1, 0.15) is 43.1 Å². The highest BCUT2D eigenvalue weighted by molar-refractivity contribution is 9.10. The standard InChI is InChI=1S/C12H14BrNO/c1-12(5-3-6-12)8-10(15)11-9(13)4-2-7-14-11/h2,4,7H,3,5-6,8H2,1H3. The monoisotopic (exact) mass is 267 g/mol. The lowest BCUT2D eigenvalue weighted by molar-refractivity contribution is 0.0810. The number of ketones is 1. The number of aromatic nitrogens is 1. The lowest BCUT2D eigenvalue weighted by Gasteiger charge is -2.37. The topological polar surface area (TPSA) is 30.0 Å². The highest BCUT2D eigenvalue weighted by Crippen LogP contribution is 2.44. The van der Waals surface area contributed by atoms with E-state index in [9.17, 15) is 4.79 Å². The van der Waals surface area contributed by atoms with Crippen molar-refractivity contribution in [3.63, 3.8) is 0 Å². The average Bonchev–Trinajstić information content (AvgIpc) is 2.16. The Kier molecular flexibility index (Phi) is 2.91. The number of halogens is 1. The third-order valence-electron chi connectivity index (χ3n) is 3.17. The summed E-state index contributed by atoms with van der Waals surface area (Å²) in [4.78, 5) is 16.1. The van der Waals surface area contributed by atoms with Crippen LogP contribution in [0.15, 0.2) is 22.8 Å². The number of carbonyl (C=O) groups is 1. The predicted molar refractivity (Wildman–Crippen MR) is 62.8 cm³/mol. The van der Waals surface area contributed by atoms with Crippen LogP contribution in [0.4, 0.5) is 0 Å². The Morgan fingerprint density at radius 1 is 1.60 bits per heavy atom. The van der Waals surface area contributed by atoms with Gasteiger partial charge in [-0.1, -0.05) is 13.3 Å². The molecule has 0 spiro atoms. The number of rotatable bonds is 3. The zero-order valence-corrected chi connectivity index (χ0v) is 10.4. The van der Waals surface area contributed by atoms with Crippen molar-refractivity contribution >= 4 is 21.7 Å². The minimum absolute atomic E-state index is 0.157. The minimum atomic E-state index is 0.157. The van der Waals surface area contributed by atoms with Gasteiger partial charge in [0, 0.05) is 17.1 Å². The van der Waals surface area contributed by atoms with Crippen molar-refractivity contribution in [3.05, 3.63) is 28.5 Å². The van der Waals surface area contributed by atoms with E-state index in [1.165, 1.54) is 19.3 Å². The van der Waals surface area contributed by atoms with Gasteiger partial charge in [-0.3, -0.25) is 9.78 Å². The maximum absolute atomic E-state index is 12.0. The van der Waals surface area contributed by atoms with Crippen LogP contribution < -0.4 is 0 Å². The molecule has 0 saturated heterocycles. The van der Waals surface area contributed by atoms with Crippen LogP contribution in [-0.2, 0) is 0 Å². The SMILES string of the molecule is CC1(CC(=O)c2ncccc2Br)CCC1. The van der Waals surface area contributed by atoms with Crippen molar-refractivity contribution in [2.24, 2.45) is 5.41 Å². The first-order chi connectivity index (χ1) is 7.11. The fraction of sp³-hybridized carbons (Fsp3) is 0.500. The molecular weight excluding hydrogens is 254 g/mol. The van der Waals surface area contributed by atoms with Crippen molar-refractivity contribution in [1.29, 1.82) is 0 Å². The summed E-state index contributed by atoms with van der Waals surface area (Å²) in [6, 6.07) is 3.69. The molecule has 2 rings (SSSR count). The summed E-state index contributed by atoms with van der Waals surface area (Å²) in [5.41, 5.74) is 0.805. The van der Waals surface area contributed by atoms with E-state index in [-0.39, 0.29) is 11.2 Å². The lowest BCUT2D eigenvalue weighted by Crippen LogP contribution is -2.28. The molecule has 0 bridgehead atoms. The number of pyridine rings is 1. The van der Waals surface area contributed by atoms with Gasteiger partial charge in [0.1, 0.15) is 5.69 Å². The largest absolute Gasteiger partial charge is 0.292 e. The van der Waals surface area contributed by atoms with Gasteiger partial charge in [-0.25, -0.2) is 0 Å².